The zero-order valence-corrected chi connectivity index (χ0v) is 10.2. The summed E-state index contributed by atoms with van der Waals surface area (Å²) in [5, 5.41) is 0. The molecule has 0 saturated carbocycles. The van der Waals surface area contributed by atoms with E-state index in [9.17, 15) is 8.42 Å². The SMILES string of the molecule is CC(NS(=O)(=O)CCCN)c1ccccc1. The van der Waals surface area contributed by atoms with Gasteiger partial charge in [-0.2, -0.15) is 0 Å². The highest BCUT2D eigenvalue weighted by molar-refractivity contribution is 7.89. The van der Waals surface area contributed by atoms with Crippen molar-refractivity contribution in [3.05, 3.63) is 35.9 Å². The molecule has 0 aromatic heterocycles. The lowest BCUT2D eigenvalue weighted by molar-refractivity contribution is 0.564. The van der Waals surface area contributed by atoms with Crippen molar-refractivity contribution in [2.75, 3.05) is 12.3 Å². The minimum atomic E-state index is -3.22. The lowest BCUT2D eigenvalue weighted by atomic mass is 10.1. The number of rotatable bonds is 6. The molecule has 4 nitrogen and oxygen atoms in total. The maximum Gasteiger partial charge on any atom is 0.212 e. The van der Waals surface area contributed by atoms with Crippen molar-refractivity contribution >= 4 is 10.0 Å². The Hall–Kier alpha value is -0.910. The summed E-state index contributed by atoms with van der Waals surface area (Å²) in [6.07, 6.45) is 0.483. The quantitative estimate of drug-likeness (QED) is 0.782. The highest BCUT2D eigenvalue weighted by Crippen LogP contribution is 2.12. The van der Waals surface area contributed by atoms with Gasteiger partial charge in [0.15, 0.2) is 0 Å². The Balaban J connectivity index is 2.61. The number of hydrogen-bond donors (Lipinski definition) is 2. The second-order valence-corrected chi connectivity index (χ2v) is 5.58. The predicted octanol–water partition coefficient (Wildman–Crippen LogP) is 1.02. The average molecular weight is 242 g/mol. The van der Waals surface area contributed by atoms with E-state index in [-0.39, 0.29) is 11.8 Å². The molecular weight excluding hydrogens is 224 g/mol. The number of sulfonamides is 1. The molecule has 1 atom stereocenters. The second-order valence-electron chi connectivity index (χ2n) is 3.71. The minimum absolute atomic E-state index is 0.0840. The molecule has 0 amide bonds. The van der Waals surface area contributed by atoms with Gasteiger partial charge in [-0.05, 0) is 25.5 Å². The van der Waals surface area contributed by atoms with Crippen molar-refractivity contribution in [2.24, 2.45) is 5.73 Å². The van der Waals surface area contributed by atoms with Crippen molar-refractivity contribution in [2.45, 2.75) is 19.4 Å². The van der Waals surface area contributed by atoms with Gasteiger partial charge in [0.05, 0.1) is 5.75 Å². The van der Waals surface area contributed by atoms with Crippen LogP contribution in [0.15, 0.2) is 30.3 Å². The first-order valence-electron chi connectivity index (χ1n) is 5.30. The molecule has 16 heavy (non-hydrogen) atoms. The van der Waals surface area contributed by atoms with Gasteiger partial charge < -0.3 is 5.73 Å². The molecule has 1 aromatic rings. The number of nitrogens with two attached hydrogens (primary N) is 1. The summed E-state index contributed by atoms with van der Waals surface area (Å²) in [6, 6.07) is 9.27. The van der Waals surface area contributed by atoms with E-state index < -0.39 is 10.0 Å². The van der Waals surface area contributed by atoms with Gasteiger partial charge in [-0.3, -0.25) is 0 Å². The topological polar surface area (TPSA) is 72.2 Å². The number of hydrogen-bond acceptors (Lipinski definition) is 3. The van der Waals surface area contributed by atoms with Crippen LogP contribution in [0.1, 0.15) is 24.9 Å². The molecule has 0 aliphatic rings. The molecule has 0 aliphatic carbocycles. The predicted molar refractivity (Wildman–Crippen MR) is 65.5 cm³/mol. The molecule has 0 radical (unpaired) electrons. The molecule has 0 heterocycles. The molecule has 0 fully saturated rings. The lowest BCUT2D eigenvalue weighted by Gasteiger charge is -2.14. The lowest BCUT2D eigenvalue weighted by Crippen LogP contribution is -2.29. The fourth-order valence-corrected chi connectivity index (χ4v) is 2.75. The summed E-state index contributed by atoms with van der Waals surface area (Å²) in [6.45, 7) is 2.22. The summed E-state index contributed by atoms with van der Waals surface area (Å²) < 4.78 is 25.8. The number of benzene rings is 1. The van der Waals surface area contributed by atoms with Gasteiger partial charge in [-0.15, -0.1) is 0 Å². The third kappa shape index (κ3) is 4.30. The summed E-state index contributed by atoms with van der Waals surface area (Å²) in [5.74, 6) is 0.0840. The van der Waals surface area contributed by atoms with Crippen molar-refractivity contribution in [3.8, 4) is 0 Å². The summed E-state index contributed by atoms with van der Waals surface area (Å²) >= 11 is 0. The molecule has 0 saturated heterocycles. The second kappa shape index (κ2) is 5.98. The molecule has 1 aromatic carbocycles. The molecule has 5 heteroatoms. The molecule has 0 bridgehead atoms. The standard InChI is InChI=1S/C11H18N2O2S/c1-10(11-6-3-2-4-7-11)13-16(14,15)9-5-8-12/h2-4,6-7,10,13H,5,8-9,12H2,1H3. The van der Waals surface area contributed by atoms with E-state index in [1.165, 1.54) is 0 Å². The maximum absolute atomic E-state index is 11.6. The Morgan fingerprint density at radius 1 is 1.31 bits per heavy atom. The van der Waals surface area contributed by atoms with Crippen molar-refractivity contribution in [3.63, 3.8) is 0 Å². The normalized spacial score (nSPS) is 13.6. The maximum atomic E-state index is 11.6. The third-order valence-corrected chi connectivity index (χ3v) is 3.81. The number of nitrogens with one attached hydrogen (secondary N) is 1. The fourth-order valence-electron chi connectivity index (χ4n) is 1.41. The Morgan fingerprint density at radius 3 is 2.50 bits per heavy atom. The fraction of sp³-hybridized carbons (Fsp3) is 0.455. The van der Waals surface area contributed by atoms with Crippen LogP contribution in [0.2, 0.25) is 0 Å². The van der Waals surface area contributed by atoms with Crippen molar-refractivity contribution in [1.29, 1.82) is 0 Å². The van der Waals surface area contributed by atoms with E-state index >= 15 is 0 Å². The Bertz CT molecular complexity index is 403. The van der Waals surface area contributed by atoms with Crippen LogP contribution in [0, 0.1) is 0 Å². The van der Waals surface area contributed by atoms with Gasteiger partial charge in [-0.1, -0.05) is 30.3 Å². The van der Waals surface area contributed by atoms with E-state index in [1.54, 1.807) is 0 Å². The van der Waals surface area contributed by atoms with Crippen molar-refractivity contribution in [1.82, 2.24) is 4.72 Å². The summed E-state index contributed by atoms with van der Waals surface area (Å²) in [7, 11) is -3.22. The smallest absolute Gasteiger partial charge is 0.212 e. The highest BCUT2D eigenvalue weighted by atomic mass is 32.2. The van der Waals surface area contributed by atoms with E-state index in [2.05, 4.69) is 4.72 Å². The van der Waals surface area contributed by atoms with Gasteiger partial charge in [0.2, 0.25) is 10.0 Å². The van der Waals surface area contributed by atoms with Gasteiger partial charge in [0.1, 0.15) is 0 Å². The van der Waals surface area contributed by atoms with Crippen LogP contribution in [-0.2, 0) is 10.0 Å². The first-order chi connectivity index (χ1) is 7.55. The summed E-state index contributed by atoms with van der Waals surface area (Å²) in [5.41, 5.74) is 6.24. The van der Waals surface area contributed by atoms with E-state index in [0.717, 1.165) is 5.56 Å². The van der Waals surface area contributed by atoms with Crippen LogP contribution >= 0.6 is 0 Å². The zero-order valence-electron chi connectivity index (χ0n) is 9.39. The van der Waals surface area contributed by atoms with Gasteiger partial charge >= 0.3 is 0 Å². The van der Waals surface area contributed by atoms with E-state index in [4.69, 9.17) is 5.73 Å². The average Bonchev–Trinajstić information content (AvgIpc) is 2.27. The summed E-state index contributed by atoms with van der Waals surface area (Å²) in [4.78, 5) is 0. The zero-order chi connectivity index (χ0) is 12.0. The van der Waals surface area contributed by atoms with E-state index in [1.807, 2.05) is 37.3 Å². The first-order valence-corrected chi connectivity index (χ1v) is 6.95. The monoisotopic (exact) mass is 242 g/mol. The molecule has 0 aliphatic heterocycles. The van der Waals surface area contributed by atoms with Crippen LogP contribution in [-0.4, -0.2) is 20.7 Å². The first kappa shape index (κ1) is 13.2. The van der Waals surface area contributed by atoms with Crippen LogP contribution in [0.3, 0.4) is 0 Å². The van der Waals surface area contributed by atoms with Gasteiger partial charge in [-0.25, -0.2) is 13.1 Å². The van der Waals surface area contributed by atoms with Gasteiger partial charge in [0, 0.05) is 6.04 Å². The molecule has 3 N–H and O–H groups in total. The van der Waals surface area contributed by atoms with Crippen LogP contribution in [0.4, 0.5) is 0 Å². The highest BCUT2D eigenvalue weighted by Gasteiger charge is 2.14. The largest absolute Gasteiger partial charge is 0.330 e. The molecule has 1 unspecified atom stereocenters. The minimum Gasteiger partial charge on any atom is -0.330 e. The van der Waals surface area contributed by atoms with Crippen LogP contribution < -0.4 is 10.5 Å². The van der Waals surface area contributed by atoms with Crippen LogP contribution in [0.5, 0.6) is 0 Å². The van der Waals surface area contributed by atoms with Crippen molar-refractivity contribution < 1.29 is 8.42 Å². The molecule has 90 valence electrons. The third-order valence-electron chi connectivity index (χ3n) is 2.27. The van der Waals surface area contributed by atoms with E-state index in [0.29, 0.717) is 13.0 Å². The molecular formula is C11H18N2O2S. The van der Waals surface area contributed by atoms with Gasteiger partial charge in [0.25, 0.3) is 0 Å². The molecule has 1 rings (SSSR count). The Morgan fingerprint density at radius 2 is 1.94 bits per heavy atom. The Labute approximate surface area is 96.9 Å². The van der Waals surface area contributed by atoms with Crippen LogP contribution in [0.25, 0.3) is 0 Å². The molecule has 0 spiro atoms. The Kier molecular flexibility index (Phi) is 4.92.